The summed E-state index contributed by atoms with van der Waals surface area (Å²) in [5.41, 5.74) is 2.08. The molecule has 2 aromatic rings. The average molecular weight is 915 g/mol. The van der Waals surface area contributed by atoms with Crippen molar-refractivity contribution in [1.29, 1.82) is 0 Å². The molecule has 0 aromatic heterocycles. The second-order valence-electron chi connectivity index (χ2n) is 20.3. The number of alkyl carbamates (subject to hydrolysis) is 1. The van der Waals surface area contributed by atoms with Gasteiger partial charge in [0.2, 0.25) is 5.91 Å². The molecule has 2 unspecified atom stereocenters. The zero-order chi connectivity index (χ0) is 47.3. The minimum atomic E-state index is -1.18. The predicted octanol–water partition coefficient (Wildman–Crippen LogP) is 2.32. The van der Waals surface area contributed by atoms with Gasteiger partial charge in [-0.3, -0.25) is 38.6 Å². The molecule has 18 nitrogen and oxygen atoms in total. The lowest BCUT2D eigenvalue weighted by molar-refractivity contribution is -0.189. The predicted molar refractivity (Wildman–Crippen MR) is 230 cm³/mol. The van der Waals surface area contributed by atoms with E-state index in [1.54, 1.807) is 0 Å². The molecule has 9 aliphatic rings. The number of piperidine rings is 2. The Labute approximate surface area is 381 Å². The van der Waals surface area contributed by atoms with Crippen molar-refractivity contribution < 1.29 is 67.8 Å². The molecule has 8 atom stereocenters. The number of ketones is 2. The molecule has 5 fully saturated rings. The number of aryl methyl sites for hydroxylation is 2. The van der Waals surface area contributed by atoms with E-state index in [0.717, 1.165) is 44.9 Å². The van der Waals surface area contributed by atoms with Crippen LogP contribution < -0.4 is 20.1 Å². The van der Waals surface area contributed by atoms with Crippen LogP contribution in [0.15, 0.2) is 24.3 Å². The summed E-state index contributed by atoms with van der Waals surface area (Å²) >= 11 is 0. The first-order valence-corrected chi connectivity index (χ1v) is 22.9. The van der Waals surface area contributed by atoms with Crippen LogP contribution in [0, 0.1) is 13.8 Å². The number of esters is 2. The number of amides is 2. The van der Waals surface area contributed by atoms with Gasteiger partial charge in [0, 0.05) is 49.1 Å². The van der Waals surface area contributed by atoms with Gasteiger partial charge in [-0.2, -0.15) is 0 Å². The Morgan fingerprint density at radius 2 is 1.17 bits per heavy atom. The number of carbonyl (C=O) groups is 7. The summed E-state index contributed by atoms with van der Waals surface area (Å²) in [4.78, 5) is 84.6. The molecular weight excluding hydrogens is 857 g/mol. The van der Waals surface area contributed by atoms with Gasteiger partial charge >= 0.3 is 24.0 Å². The van der Waals surface area contributed by atoms with Gasteiger partial charge in [-0.1, -0.05) is 24.3 Å². The smallest absolute Gasteiger partial charge is 0.408 e. The third-order valence-corrected chi connectivity index (χ3v) is 15.6. The monoisotopic (exact) mass is 914 g/mol. The minimum Gasteiger partial charge on any atom is -0.481 e. The summed E-state index contributed by atoms with van der Waals surface area (Å²) in [5.74, 6) is -0.852. The molecule has 2 aromatic carbocycles. The lowest BCUT2D eigenvalue weighted by atomic mass is 9.49. The fourth-order valence-corrected chi connectivity index (χ4v) is 12.8. The Kier molecular flexibility index (Phi) is 11.2. The number of likely N-dealkylation sites (tertiary alicyclic amines) is 2. The molecule has 4 bridgehead atoms. The number of ether oxygens (including phenoxy) is 4. The highest BCUT2D eigenvalue weighted by molar-refractivity contribution is 5.94. The number of nitrogens with zero attached hydrogens (tertiary/aromatic N) is 2. The lowest BCUT2D eigenvalue weighted by Crippen LogP contribution is -2.77. The van der Waals surface area contributed by atoms with E-state index in [2.05, 4.69) is 32.4 Å². The molecule has 2 saturated carbocycles. The average Bonchev–Trinajstić information content (AvgIpc) is 3.92. The molecule has 5 heterocycles. The maximum absolute atomic E-state index is 12.9. The molecule has 354 valence electrons. The number of aliphatic hydroxyl groups is 2. The maximum Gasteiger partial charge on any atom is 0.408 e. The van der Waals surface area contributed by atoms with Gasteiger partial charge in [0.1, 0.15) is 23.5 Å². The van der Waals surface area contributed by atoms with Crippen LogP contribution in [0.2, 0.25) is 0 Å². The Morgan fingerprint density at radius 1 is 0.712 bits per heavy atom. The molecule has 2 spiro atoms. The lowest BCUT2D eigenvalue weighted by Gasteiger charge is -2.62. The van der Waals surface area contributed by atoms with Crippen molar-refractivity contribution in [3.05, 3.63) is 57.6 Å². The highest BCUT2D eigenvalue weighted by Gasteiger charge is 2.74. The maximum atomic E-state index is 12.9. The number of Topliss-reactive ketones (excluding diaryl/α,β-unsaturated/α-hetero) is 2. The third kappa shape index (κ3) is 7.00. The summed E-state index contributed by atoms with van der Waals surface area (Å²) in [5, 5.41) is 38.4. The molecule has 3 saturated heterocycles. The van der Waals surface area contributed by atoms with E-state index < -0.39 is 76.2 Å². The minimum absolute atomic E-state index is 0.0417. The number of aliphatic carboxylic acids is 1. The fraction of sp³-hybridized carbons (Fsp3) is 0.604. The van der Waals surface area contributed by atoms with E-state index in [0.29, 0.717) is 64.7 Å². The van der Waals surface area contributed by atoms with Crippen molar-refractivity contribution in [2.24, 2.45) is 0 Å². The van der Waals surface area contributed by atoms with Crippen LogP contribution in [0.25, 0.3) is 0 Å². The van der Waals surface area contributed by atoms with Crippen molar-refractivity contribution in [1.82, 2.24) is 20.4 Å². The highest BCUT2D eigenvalue weighted by Crippen LogP contribution is 2.65. The second kappa shape index (κ2) is 16.1. The number of carboxylic acids is 1. The highest BCUT2D eigenvalue weighted by atomic mass is 16.6. The zero-order valence-electron chi connectivity index (χ0n) is 38.0. The first-order valence-electron chi connectivity index (χ1n) is 22.9. The Hall–Kier alpha value is -5.43. The molecule has 5 N–H and O–H groups in total. The van der Waals surface area contributed by atoms with Crippen LogP contribution in [0.3, 0.4) is 0 Å². The van der Waals surface area contributed by atoms with Crippen LogP contribution >= 0.6 is 0 Å². The molecular formula is C48H58N4O14. The van der Waals surface area contributed by atoms with E-state index in [1.165, 1.54) is 0 Å². The summed E-state index contributed by atoms with van der Waals surface area (Å²) in [6, 6.07) is 7.72. The normalized spacial score (nSPS) is 32.8. The topological polar surface area (TPSA) is 248 Å². The van der Waals surface area contributed by atoms with E-state index >= 15 is 0 Å². The SMILES string of the molecule is Cc1ccc2c3c1OC1C(=O)CC[C@@]4(O)[C@@H](C2)N(CNC(=O)CC(=O)O)CC[C@]314.Cc1ccc2c3c1OC1C(=O)CC[C@@]4(O)[C@@H](C2)N(CNC(=O)OC(C)(C)C)CC[C@]314.O=C1CCC(=O)O1. The number of carboxylic acid groups (broad SMARTS) is 1. The number of hydrogen-bond donors (Lipinski definition) is 5. The molecule has 18 heteroatoms. The molecule has 66 heavy (non-hydrogen) atoms. The van der Waals surface area contributed by atoms with E-state index in [1.807, 2.05) is 51.7 Å². The Balaban J connectivity index is 0.000000145. The van der Waals surface area contributed by atoms with Crippen molar-refractivity contribution in [2.75, 3.05) is 26.4 Å². The van der Waals surface area contributed by atoms with Crippen LogP contribution in [-0.2, 0) is 61.9 Å². The number of rotatable bonds is 6. The van der Waals surface area contributed by atoms with Crippen molar-refractivity contribution in [3.8, 4) is 11.5 Å². The summed E-state index contributed by atoms with van der Waals surface area (Å²) in [6.45, 7) is 11.2. The van der Waals surface area contributed by atoms with Crippen LogP contribution in [-0.4, -0.2) is 134 Å². The molecule has 4 aliphatic carbocycles. The van der Waals surface area contributed by atoms with Crippen molar-refractivity contribution >= 4 is 41.5 Å². The Morgan fingerprint density at radius 3 is 1.58 bits per heavy atom. The number of benzene rings is 2. The largest absolute Gasteiger partial charge is 0.481 e. The van der Waals surface area contributed by atoms with E-state index in [9.17, 15) is 43.8 Å². The number of hydrogen-bond acceptors (Lipinski definition) is 15. The molecule has 5 aliphatic heterocycles. The summed E-state index contributed by atoms with van der Waals surface area (Å²) < 4.78 is 21.9. The van der Waals surface area contributed by atoms with Gasteiger partial charge in [-0.25, -0.2) is 4.79 Å². The van der Waals surface area contributed by atoms with Gasteiger partial charge < -0.3 is 44.9 Å². The molecule has 0 radical (unpaired) electrons. The second-order valence-corrected chi connectivity index (χ2v) is 20.3. The number of nitrogens with one attached hydrogen (secondary N) is 2. The first kappa shape index (κ1) is 45.7. The fourth-order valence-electron chi connectivity index (χ4n) is 12.8. The molecule has 2 amide bonds. The van der Waals surface area contributed by atoms with E-state index in [-0.39, 0.29) is 49.6 Å². The standard InChI is InChI=1S/C23H30N2O5.C21H24N2O6.C4H4O3/c1-13-5-6-14-11-16-23(28)8-7-15(26)19-22(23,17(14)18(13)29-19)9-10-25(16)12-24-20(27)30-21(2,3)4;1-11-2-3-12-8-14-21(28)5-4-13(24)19-20(21,17(12)18(11)29-19)6-7-23(14)10-22-15(25)9-16(26)27;5-3-1-2-4(6)7-3/h5-6,16,19,28H,7-12H2,1-4H3,(H,24,27);2-3,14,19,28H,4-10H2,1H3,(H,22,25)(H,26,27);1-2H2/t16-,19?,22+,23-;14-,19?,20+,21-;/m11./s1. The summed E-state index contributed by atoms with van der Waals surface area (Å²) in [6.07, 6.45) is 2.00. The van der Waals surface area contributed by atoms with Crippen molar-refractivity contribution in [2.45, 2.75) is 157 Å². The van der Waals surface area contributed by atoms with Crippen LogP contribution in [0.5, 0.6) is 11.5 Å². The van der Waals surface area contributed by atoms with Crippen LogP contribution in [0.1, 0.15) is 112 Å². The van der Waals surface area contributed by atoms with Gasteiger partial charge in [0.05, 0.1) is 48.2 Å². The van der Waals surface area contributed by atoms with E-state index in [4.69, 9.17) is 19.3 Å². The third-order valence-electron chi connectivity index (χ3n) is 15.6. The van der Waals surface area contributed by atoms with Gasteiger partial charge in [-0.15, -0.1) is 0 Å². The van der Waals surface area contributed by atoms with Crippen molar-refractivity contribution in [3.63, 3.8) is 0 Å². The number of carbonyl (C=O) groups excluding carboxylic acids is 6. The van der Waals surface area contributed by atoms with Gasteiger partial charge in [0.25, 0.3) is 0 Å². The van der Waals surface area contributed by atoms with Gasteiger partial charge in [-0.05, 0) is 95.4 Å². The first-order chi connectivity index (χ1) is 31.1. The van der Waals surface area contributed by atoms with Crippen LogP contribution in [0.4, 0.5) is 4.79 Å². The number of cyclic esters (lactones) is 2. The van der Waals surface area contributed by atoms with Gasteiger partial charge in [0.15, 0.2) is 23.8 Å². The quantitative estimate of drug-likeness (QED) is 0.206. The Bertz CT molecular complexity index is 2440. The zero-order valence-corrected chi connectivity index (χ0v) is 38.0. The molecule has 11 rings (SSSR count). The summed E-state index contributed by atoms with van der Waals surface area (Å²) in [7, 11) is 0.